The molecule has 0 saturated carbocycles. The second-order valence-corrected chi connectivity index (χ2v) is 4.23. The van der Waals surface area contributed by atoms with Crippen molar-refractivity contribution in [1.29, 1.82) is 5.26 Å². The maximum atomic E-state index is 12.4. The molecule has 0 unspecified atom stereocenters. The zero-order valence-corrected chi connectivity index (χ0v) is 11.8. The van der Waals surface area contributed by atoms with E-state index in [-0.39, 0.29) is 12.5 Å². The van der Waals surface area contributed by atoms with E-state index in [4.69, 9.17) is 10.4 Å². The summed E-state index contributed by atoms with van der Waals surface area (Å²) in [6, 6.07) is 7.41. The molecule has 0 spiro atoms. The van der Waals surface area contributed by atoms with E-state index in [9.17, 15) is 4.79 Å². The molecule has 0 saturated heterocycles. The average molecular weight is 270 g/mol. The van der Waals surface area contributed by atoms with Gasteiger partial charge in [0.25, 0.3) is 5.91 Å². The number of amides is 1. The van der Waals surface area contributed by atoms with E-state index in [1.807, 2.05) is 26.0 Å². The van der Waals surface area contributed by atoms with Crippen LogP contribution < -0.4 is 0 Å². The normalized spacial score (nSPS) is 9.30. The second kappa shape index (κ2) is 7.99. The molecule has 1 aromatic rings. The third kappa shape index (κ3) is 3.85. The molecule has 104 valence electrons. The van der Waals surface area contributed by atoms with Crippen LogP contribution in [0.25, 0.3) is 0 Å². The second-order valence-electron chi connectivity index (χ2n) is 4.23. The Morgan fingerprint density at radius 3 is 2.80 bits per heavy atom. The minimum atomic E-state index is -0.207. The maximum absolute atomic E-state index is 12.4. The first-order chi connectivity index (χ1) is 9.65. The van der Waals surface area contributed by atoms with E-state index in [1.165, 1.54) is 0 Å². The first kappa shape index (κ1) is 15.8. The molecule has 0 aliphatic heterocycles. The van der Waals surface area contributed by atoms with Crippen molar-refractivity contribution >= 4 is 5.91 Å². The summed E-state index contributed by atoms with van der Waals surface area (Å²) in [6.07, 6.45) is 0.322. The van der Waals surface area contributed by atoms with Crippen LogP contribution in [0.1, 0.15) is 34.8 Å². The van der Waals surface area contributed by atoms with Crippen molar-refractivity contribution in [2.75, 3.05) is 19.7 Å². The Hall–Kier alpha value is -2.30. The number of hydrogen-bond acceptors (Lipinski definition) is 3. The lowest BCUT2D eigenvalue weighted by atomic mass is 10.0. The molecule has 1 N–H and O–H groups in total. The number of carbonyl (C=O) groups excluding carboxylic acids is 1. The molecule has 0 aliphatic rings. The average Bonchev–Trinajstić information content (AvgIpc) is 2.46. The summed E-state index contributed by atoms with van der Waals surface area (Å²) in [6.45, 7) is 4.51. The first-order valence-corrected chi connectivity index (χ1v) is 6.51. The van der Waals surface area contributed by atoms with Gasteiger partial charge < -0.3 is 10.0 Å². The minimum absolute atomic E-state index is 0.0899. The Bertz CT molecular complexity index is 576. The van der Waals surface area contributed by atoms with Gasteiger partial charge in [-0.05, 0) is 31.5 Å². The lowest BCUT2D eigenvalue weighted by Gasteiger charge is -2.20. The Morgan fingerprint density at radius 2 is 2.20 bits per heavy atom. The summed E-state index contributed by atoms with van der Waals surface area (Å²) < 4.78 is 0. The molecule has 1 amide bonds. The van der Waals surface area contributed by atoms with Gasteiger partial charge in [-0.2, -0.15) is 5.26 Å². The van der Waals surface area contributed by atoms with Gasteiger partial charge in [-0.25, -0.2) is 0 Å². The van der Waals surface area contributed by atoms with Gasteiger partial charge in [0.15, 0.2) is 0 Å². The Balaban J connectivity index is 3.06. The van der Waals surface area contributed by atoms with Crippen LogP contribution in [0.2, 0.25) is 0 Å². The maximum Gasteiger partial charge on any atom is 0.254 e. The van der Waals surface area contributed by atoms with Crippen molar-refractivity contribution < 1.29 is 9.90 Å². The standard InChI is InChI=1S/C16H18N2O2/c1-3-18(11-6-10-17)16(20)15-9-4-7-14(13(15)2)8-5-12-19/h4,7,9,19H,3,6,11-12H2,1-2H3. The molecule has 4 nitrogen and oxygen atoms in total. The van der Waals surface area contributed by atoms with Gasteiger partial charge in [0.2, 0.25) is 0 Å². The third-order valence-corrected chi connectivity index (χ3v) is 3.03. The molecular formula is C16H18N2O2. The molecule has 1 aromatic carbocycles. The zero-order chi connectivity index (χ0) is 15.0. The monoisotopic (exact) mass is 270 g/mol. The minimum Gasteiger partial charge on any atom is -0.384 e. The SMILES string of the molecule is CCN(CCC#N)C(=O)c1cccc(C#CCO)c1C. The number of aliphatic hydroxyl groups excluding tert-OH is 1. The smallest absolute Gasteiger partial charge is 0.254 e. The molecule has 0 aliphatic carbocycles. The number of nitriles is 1. The van der Waals surface area contributed by atoms with Crippen molar-refractivity contribution in [3.8, 4) is 17.9 Å². The summed E-state index contributed by atoms with van der Waals surface area (Å²) in [5, 5.41) is 17.4. The molecule has 0 fully saturated rings. The molecular weight excluding hydrogens is 252 g/mol. The number of nitrogens with zero attached hydrogens (tertiary/aromatic N) is 2. The molecule has 1 rings (SSSR count). The highest BCUT2D eigenvalue weighted by Gasteiger charge is 2.16. The van der Waals surface area contributed by atoms with Gasteiger partial charge >= 0.3 is 0 Å². The topological polar surface area (TPSA) is 64.3 Å². The Labute approximate surface area is 119 Å². The molecule has 0 aromatic heterocycles. The predicted octanol–water partition coefficient (Wildman–Crippen LogP) is 1.71. The van der Waals surface area contributed by atoms with Crippen molar-refractivity contribution in [1.82, 2.24) is 4.90 Å². The van der Waals surface area contributed by atoms with Crippen LogP contribution in [0.5, 0.6) is 0 Å². The van der Waals surface area contributed by atoms with Crippen LogP contribution >= 0.6 is 0 Å². The molecule has 0 radical (unpaired) electrons. The highest BCUT2D eigenvalue weighted by molar-refractivity contribution is 5.96. The van der Waals surface area contributed by atoms with Crippen LogP contribution in [0.4, 0.5) is 0 Å². The lowest BCUT2D eigenvalue weighted by molar-refractivity contribution is 0.0767. The van der Waals surface area contributed by atoms with E-state index in [1.54, 1.807) is 17.0 Å². The summed E-state index contributed by atoms with van der Waals surface area (Å²) in [5.74, 6) is 5.33. The molecule has 0 bridgehead atoms. The first-order valence-electron chi connectivity index (χ1n) is 6.51. The van der Waals surface area contributed by atoms with Crippen molar-refractivity contribution in [3.05, 3.63) is 34.9 Å². The summed E-state index contributed by atoms with van der Waals surface area (Å²) in [4.78, 5) is 14.1. The Kier molecular flexibility index (Phi) is 6.29. The molecule has 20 heavy (non-hydrogen) atoms. The van der Waals surface area contributed by atoms with E-state index in [0.29, 0.717) is 25.1 Å². The number of hydrogen-bond donors (Lipinski definition) is 1. The van der Waals surface area contributed by atoms with Gasteiger partial charge in [-0.1, -0.05) is 17.9 Å². The third-order valence-electron chi connectivity index (χ3n) is 3.03. The Morgan fingerprint density at radius 1 is 1.45 bits per heavy atom. The lowest BCUT2D eigenvalue weighted by Crippen LogP contribution is -2.32. The van der Waals surface area contributed by atoms with E-state index < -0.39 is 0 Å². The number of carbonyl (C=O) groups is 1. The summed E-state index contributed by atoms with van der Waals surface area (Å²) >= 11 is 0. The summed E-state index contributed by atoms with van der Waals surface area (Å²) in [5.41, 5.74) is 2.13. The van der Waals surface area contributed by atoms with Gasteiger partial charge in [-0.3, -0.25) is 4.79 Å². The van der Waals surface area contributed by atoms with Crippen LogP contribution in [0.3, 0.4) is 0 Å². The summed E-state index contributed by atoms with van der Waals surface area (Å²) in [7, 11) is 0. The van der Waals surface area contributed by atoms with Crippen LogP contribution in [0, 0.1) is 30.1 Å². The predicted molar refractivity (Wildman–Crippen MR) is 77.0 cm³/mol. The van der Waals surface area contributed by atoms with Crippen LogP contribution in [0.15, 0.2) is 18.2 Å². The zero-order valence-electron chi connectivity index (χ0n) is 11.8. The number of rotatable bonds is 4. The highest BCUT2D eigenvalue weighted by Crippen LogP contribution is 2.15. The van der Waals surface area contributed by atoms with Crippen molar-refractivity contribution in [3.63, 3.8) is 0 Å². The van der Waals surface area contributed by atoms with Crippen molar-refractivity contribution in [2.45, 2.75) is 20.3 Å². The fraction of sp³-hybridized carbons (Fsp3) is 0.375. The highest BCUT2D eigenvalue weighted by atomic mass is 16.2. The van der Waals surface area contributed by atoms with E-state index in [0.717, 1.165) is 11.1 Å². The largest absolute Gasteiger partial charge is 0.384 e. The van der Waals surface area contributed by atoms with Gasteiger partial charge in [0.1, 0.15) is 6.61 Å². The van der Waals surface area contributed by atoms with Gasteiger partial charge in [-0.15, -0.1) is 0 Å². The van der Waals surface area contributed by atoms with Crippen LogP contribution in [-0.2, 0) is 0 Å². The van der Waals surface area contributed by atoms with Gasteiger partial charge in [0.05, 0.1) is 12.5 Å². The fourth-order valence-corrected chi connectivity index (χ4v) is 1.90. The van der Waals surface area contributed by atoms with Gasteiger partial charge in [0, 0.05) is 24.2 Å². The van der Waals surface area contributed by atoms with Crippen molar-refractivity contribution in [2.24, 2.45) is 0 Å². The molecule has 0 heterocycles. The quantitative estimate of drug-likeness (QED) is 0.847. The van der Waals surface area contributed by atoms with Crippen LogP contribution in [-0.4, -0.2) is 35.6 Å². The number of aliphatic hydroxyl groups is 1. The fourth-order valence-electron chi connectivity index (χ4n) is 1.90. The molecule has 4 heteroatoms. The van der Waals surface area contributed by atoms with E-state index >= 15 is 0 Å². The number of benzene rings is 1. The molecule has 0 atom stereocenters. The van der Waals surface area contributed by atoms with E-state index in [2.05, 4.69) is 11.8 Å².